The molecular formula is C20H21N3O4S. The highest BCUT2D eigenvalue weighted by atomic mass is 32.1. The summed E-state index contributed by atoms with van der Waals surface area (Å²) in [4.78, 5) is 27.9. The van der Waals surface area contributed by atoms with E-state index in [2.05, 4.69) is 10.3 Å². The van der Waals surface area contributed by atoms with Crippen LogP contribution in [0, 0.1) is 4.77 Å². The summed E-state index contributed by atoms with van der Waals surface area (Å²) in [6.07, 6.45) is 0.617. The zero-order chi connectivity index (χ0) is 20.1. The average Bonchev–Trinajstić information content (AvgIpc) is 2.71. The van der Waals surface area contributed by atoms with E-state index < -0.39 is 0 Å². The number of aromatic nitrogens is 2. The first-order chi connectivity index (χ1) is 13.5. The van der Waals surface area contributed by atoms with Gasteiger partial charge in [-0.25, -0.2) is 0 Å². The molecular weight excluding hydrogens is 378 g/mol. The fraction of sp³-hybridized carbons (Fsp3) is 0.250. The second-order valence-corrected chi connectivity index (χ2v) is 6.54. The summed E-state index contributed by atoms with van der Waals surface area (Å²) in [5, 5.41) is 3.31. The Morgan fingerprint density at radius 1 is 1.14 bits per heavy atom. The van der Waals surface area contributed by atoms with Gasteiger partial charge in [0, 0.05) is 6.54 Å². The predicted octanol–water partition coefficient (Wildman–Crippen LogP) is 2.44. The molecule has 2 N–H and O–H groups in total. The molecule has 0 unspecified atom stereocenters. The Morgan fingerprint density at radius 3 is 2.64 bits per heavy atom. The molecule has 0 bridgehead atoms. The monoisotopic (exact) mass is 399 g/mol. The zero-order valence-electron chi connectivity index (χ0n) is 15.7. The van der Waals surface area contributed by atoms with Crippen LogP contribution in [0.4, 0.5) is 0 Å². The van der Waals surface area contributed by atoms with E-state index in [9.17, 15) is 9.59 Å². The van der Waals surface area contributed by atoms with Crippen LogP contribution in [0.3, 0.4) is 0 Å². The number of para-hydroxylation sites is 1. The molecule has 0 saturated heterocycles. The second-order valence-electron chi connectivity index (χ2n) is 6.16. The molecule has 7 nitrogen and oxygen atoms in total. The minimum absolute atomic E-state index is 0.134. The molecule has 3 rings (SSSR count). The minimum atomic E-state index is -0.283. The SMILES string of the molecule is COc1ccc(CCNC(=O)Cn2c(=S)[nH]c3ccccc3c2=O)cc1OC. The molecule has 8 heteroatoms. The lowest BCUT2D eigenvalue weighted by molar-refractivity contribution is -0.121. The van der Waals surface area contributed by atoms with E-state index in [1.807, 2.05) is 24.3 Å². The lowest BCUT2D eigenvalue weighted by atomic mass is 10.1. The molecule has 3 aromatic rings. The van der Waals surface area contributed by atoms with Gasteiger partial charge in [0.25, 0.3) is 5.56 Å². The van der Waals surface area contributed by atoms with Crippen molar-refractivity contribution in [3.05, 3.63) is 63.2 Å². The number of hydrogen-bond acceptors (Lipinski definition) is 5. The first kappa shape index (κ1) is 19.6. The van der Waals surface area contributed by atoms with E-state index in [1.165, 1.54) is 4.57 Å². The maximum absolute atomic E-state index is 12.6. The summed E-state index contributed by atoms with van der Waals surface area (Å²) in [7, 11) is 3.16. The van der Waals surface area contributed by atoms with Crippen molar-refractivity contribution in [1.29, 1.82) is 0 Å². The van der Waals surface area contributed by atoms with Crippen LogP contribution in [-0.4, -0.2) is 36.2 Å². The van der Waals surface area contributed by atoms with Gasteiger partial charge in [-0.2, -0.15) is 0 Å². The quantitative estimate of drug-likeness (QED) is 0.596. The molecule has 1 heterocycles. The van der Waals surface area contributed by atoms with Gasteiger partial charge in [0.05, 0.1) is 25.1 Å². The Kier molecular flexibility index (Phi) is 6.10. The van der Waals surface area contributed by atoms with Crippen molar-refractivity contribution < 1.29 is 14.3 Å². The summed E-state index contributed by atoms with van der Waals surface area (Å²) in [6, 6.07) is 12.7. The number of nitrogens with zero attached hydrogens (tertiary/aromatic N) is 1. The number of nitrogens with one attached hydrogen (secondary N) is 2. The number of carbonyl (C=O) groups excluding carboxylic acids is 1. The van der Waals surface area contributed by atoms with E-state index in [1.54, 1.807) is 32.4 Å². The first-order valence-electron chi connectivity index (χ1n) is 8.73. The highest BCUT2D eigenvalue weighted by Crippen LogP contribution is 2.27. The topological polar surface area (TPSA) is 85.4 Å². The summed E-state index contributed by atoms with van der Waals surface area (Å²) >= 11 is 5.23. The van der Waals surface area contributed by atoms with Crippen LogP contribution >= 0.6 is 12.2 Å². The highest BCUT2D eigenvalue weighted by Gasteiger charge is 2.10. The third-order valence-corrected chi connectivity index (χ3v) is 4.70. The molecule has 0 saturated carbocycles. The number of methoxy groups -OCH3 is 2. The average molecular weight is 399 g/mol. The van der Waals surface area contributed by atoms with Gasteiger partial charge in [-0.3, -0.25) is 14.2 Å². The summed E-state index contributed by atoms with van der Waals surface area (Å²) in [6.45, 7) is 0.290. The van der Waals surface area contributed by atoms with Gasteiger partial charge in [0.15, 0.2) is 16.3 Å². The van der Waals surface area contributed by atoms with Crippen molar-refractivity contribution in [3.8, 4) is 11.5 Å². The molecule has 0 aliphatic rings. The maximum atomic E-state index is 12.6. The minimum Gasteiger partial charge on any atom is -0.493 e. The van der Waals surface area contributed by atoms with Crippen LogP contribution in [-0.2, 0) is 17.8 Å². The molecule has 28 heavy (non-hydrogen) atoms. The fourth-order valence-corrected chi connectivity index (χ4v) is 3.18. The van der Waals surface area contributed by atoms with Crippen molar-refractivity contribution in [2.75, 3.05) is 20.8 Å². The van der Waals surface area contributed by atoms with Crippen molar-refractivity contribution in [3.63, 3.8) is 0 Å². The van der Waals surface area contributed by atoms with Gasteiger partial charge in [0.1, 0.15) is 6.54 Å². The van der Waals surface area contributed by atoms with E-state index in [0.29, 0.717) is 35.4 Å². The number of hydrogen-bond donors (Lipinski definition) is 2. The lowest BCUT2D eigenvalue weighted by Gasteiger charge is -2.11. The standard InChI is InChI=1S/C20H21N3O4S/c1-26-16-8-7-13(11-17(16)27-2)9-10-21-18(24)12-23-19(25)14-5-3-4-6-15(14)22-20(23)28/h3-8,11H,9-10,12H2,1-2H3,(H,21,24)(H,22,28). The van der Waals surface area contributed by atoms with Gasteiger partial charge >= 0.3 is 0 Å². The highest BCUT2D eigenvalue weighted by molar-refractivity contribution is 7.71. The third kappa shape index (κ3) is 4.23. The number of aromatic amines is 1. The Balaban J connectivity index is 1.65. The molecule has 146 valence electrons. The van der Waals surface area contributed by atoms with Gasteiger partial charge in [0.2, 0.25) is 5.91 Å². The molecule has 1 amide bonds. The van der Waals surface area contributed by atoms with Gasteiger partial charge < -0.3 is 19.8 Å². The molecule has 0 atom stereocenters. The van der Waals surface area contributed by atoms with Crippen molar-refractivity contribution in [2.24, 2.45) is 0 Å². The van der Waals surface area contributed by atoms with Gasteiger partial charge in [-0.15, -0.1) is 0 Å². The molecule has 0 spiro atoms. The number of rotatable bonds is 7. The van der Waals surface area contributed by atoms with Gasteiger partial charge in [-0.1, -0.05) is 18.2 Å². The molecule has 0 fully saturated rings. The van der Waals surface area contributed by atoms with Crippen LogP contribution in [0.15, 0.2) is 47.3 Å². The predicted molar refractivity (Wildman–Crippen MR) is 110 cm³/mol. The van der Waals surface area contributed by atoms with E-state index in [4.69, 9.17) is 21.7 Å². The van der Waals surface area contributed by atoms with Gasteiger partial charge in [-0.05, 0) is 48.5 Å². The van der Waals surface area contributed by atoms with Crippen molar-refractivity contribution in [1.82, 2.24) is 14.9 Å². The number of ether oxygens (including phenoxy) is 2. The molecule has 2 aromatic carbocycles. The Bertz CT molecular complexity index is 1120. The largest absolute Gasteiger partial charge is 0.493 e. The molecule has 1 aromatic heterocycles. The number of fused-ring (bicyclic) bond motifs is 1. The summed E-state index contributed by atoms with van der Waals surface area (Å²) in [5.41, 5.74) is 1.37. The second kappa shape index (κ2) is 8.71. The zero-order valence-corrected chi connectivity index (χ0v) is 16.5. The van der Waals surface area contributed by atoms with E-state index in [-0.39, 0.29) is 22.8 Å². The summed E-state index contributed by atoms with van der Waals surface area (Å²) in [5.74, 6) is 1.01. The van der Waals surface area contributed by atoms with Crippen molar-refractivity contribution in [2.45, 2.75) is 13.0 Å². The van der Waals surface area contributed by atoms with Crippen LogP contribution in [0.1, 0.15) is 5.56 Å². The normalized spacial score (nSPS) is 10.6. The Labute approximate surface area is 166 Å². The number of carbonyl (C=O) groups is 1. The maximum Gasteiger partial charge on any atom is 0.262 e. The molecule has 0 aliphatic heterocycles. The molecule has 0 aliphatic carbocycles. The van der Waals surface area contributed by atoms with Crippen LogP contribution in [0.5, 0.6) is 11.5 Å². The van der Waals surface area contributed by atoms with Crippen LogP contribution in [0.2, 0.25) is 0 Å². The Morgan fingerprint density at radius 2 is 1.89 bits per heavy atom. The summed E-state index contributed by atoms with van der Waals surface area (Å²) < 4.78 is 12.0. The number of benzene rings is 2. The first-order valence-corrected chi connectivity index (χ1v) is 9.13. The van der Waals surface area contributed by atoms with Crippen molar-refractivity contribution >= 4 is 29.0 Å². The fourth-order valence-electron chi connectivity index (χ4n) is 2.92. The Hall–Kier alpha value is -3.13. The number of H-pyrrole nitrogens is 1. The smallest absolute Gasteiger partial charge is 0.262 e. The van der Waals surface area contributed by atoms with E-state index >= 15 is 0 Å². The molecule has 0 radical (unpaired) electrons. The van der Waals surface area contributed by atoms with Crippen LogP contribution in [0.25, 0.3) is 10.9 Å². The lowest BCUT2D eigenvalue weighted by Crippen LogP contribution is -2.34. The number of amides is 1. The van der Waals surface area contributed by atoms with Crippen LogP contribution < -0.4 is 20.3 Å². The van der Waals surface area contributed by atoms with E-state index in [0.717, 1.165) is 5.56 Å². The third-order valence-electron chi connectivity index (χ3n) is 4.37.